The van der Waals surface area contributed by atoms with E-state index in [-0.39, 0.29) is 6.04 Å². The van der Waals surface area contributed by atoms with Crippen LogP contribution in [0.3, 0.4) is 0 Å². The third kappa shape index (κ3) is 2.71. The van der Waals surface area contributed by atoms with Gasteiger partial charge in [-0.05, 0) is 57.5 Å². The molecule has 1 unspecified atom stereocenters. The Kier molecular flexibility index (Phi) is 3.76. The van der Waals surface area contributed by atoms with E-state index in [0.29, 0.717) is 10.6 Å². The maximum atomic E-state index is 6.46. The smallest absolute Gasteiger partial charge is 0.147 e. The van der Waals surface area contributed by atoms with Crippen LogP contribution >= 0.6 is 11.6 Å². The van der Waals surface area contributed by atoms with Crippen LogP contribution in [0.1, 0.15) is 63.2 Å². The van der Waals surface area contributed by atoms with Crippen LogP contribution in [0.4, 0.5) is 0 Å². The van der Waals surface area contributed by atoms with Crippen molar-refractivity contribution in [3.05, 3.63) is 22.2 Å². The molecular formula is C16H24ClN3. The van der Waals surface area contributed by atoms with Crippen LogP contribution in [0.2, 0.25) is 5.15 Å². The van der Waals surface area contributed by atoms with Crippen molar-refractivity contribution in [3.63, 3.8) is 0 Å². The molecule has 20 heavy (non-hydrogen) atoms. The van der Waals surface area contributed by atoms with E-state index in [1.807, 2.05) is 0 Å². The molecule has 1 aliphatic heterocycles. The van der Waals surface area contributed by atoms with Gasteiger partial charge in [0.15, 0.2) is 0 Å². The summed E-state index contributed by atoms with van der Waals surface area (Å²) >= 11 is 6.46. The number of nitrogens with zero attached hydrogens (tertiary/aromatic N) is 3. The molecule has 1 saturated heterocycles. The highest BCUT2D eigenvalue weighted by molar-refractivity contribution is 6.30. The Labute approximate surface area is 126 Å². The molecule has 4 heteroatoms. The maximum absolute atomic E-state index is 6.46. The zero-order chi connectivity index (χ0) is 14.3. The molecule has 0 radical (unpaired) electrons. The molecule has 0 amide bonds. The summed E-state index contributed by atoms with van der Waals surface area (Å²) < 4.78 is 0. The van der Waals surface area contributed by atoms with Crippen LogP contribution in [-0.4, -0.2) is 28.0 Å². The molecule has 0 N–H and O–H groups in total. The van der Waals surface area contributed by atoms with Crippen LogP contribution in [0.15, 0.2) is 0 Å². The van der Waals surface area contributed by atoms with E-state index in [9.17, 15) is 0 Å². The number of halogens is 1. The Balaban J connectivity index is 1.90. The SMILES string of the molecule is CC(c1nc(Cl)c2c(n1)CCC(C)(C)C2)N1CCCC1. The van der Waals surface area contributed by atoms with Crippen LogP contribution in [0, 0.1) is 5.41 Å². The second kappa shape index (κ2) is 5.27. The Bertz CT molecular complexity index is 507. The Morgan fingerprint density at radius 1 is 1.20 bits per heavy atom. The van der Waals surface area contributed by atoms with Crippen molar-refractivity contribution >= 4 is 11.6 Å². The van der Waals surface area contributed by atoms with Gasteiger partial charge in [-0.3, -0.25) is 4.90 Å². The van der Waals surface area contributed by atoms with E-state index < -0.39 is 0 Å². The maximum Gasteiger partial charge on any atom is 0.147 e. The molecule has 1 aliphatic carbocycles. The van der Waals surface area contributed by atoms with Crippen molar-refractivity contribution in [1.82, 2.24) is 14.9 Å². The lowest BCUT2D eigenvalue weighted by molar-refractivity contribution is 0.251. The van der Waals surface area contributed by atoms with Gasteiger partial charge in [0, 0.05) is 11.3 Å². The summed E-state index contributed by atoms with van der Waals surface area (Å²) in [5.41, 5.74) is 2.69. The number of hydrogen-bond donors (Lipinski definition) is 0. The monoisotopic (exact) mass is 293 g/mol. The molecule has 1 aromatic heterocycles. The molecular weight excluding hydrogens is 270 g/mol. The average Bonchev–Trinajstić information content (AvgIpc) is 2.92. The van der Waals surface area contributed by atoms with E-state index in [1.165, 1.54) is 30.5 Å². The van der Waals surface area contributed by atoms with E-state index in [0.717, 1.165) is 31.8 Å². The fraction of sp³-hybridized carbons (Fsp3) is 0.750. The normalized spacial score (nSPS) is 23.6. The molecule has 3 rings (SSSR count). The molecule has 2 aliphatic rings. The summed E-state index contributed by atoms with van der Waals surface area (Å²) in [6.07, 6.45) is 5.79. The summed E-state index contributed by atoms with van der Waals surface area (Å²) in [6.45, 7) is 9.12. The minimum Gasteiger partial charge on any atom is -0.294 e. The Hall–Kier alpha value is -0.670. The molecule has 3 nitrogen and oxygen atoms in total. The summed E-state index contributed by atoms with van der Waals surface area (Å²) in [5.74, 6) is 0.912. The Morgan fingerprint density at radius 2 is 1.90 bits per heavy atom. The fourth-order valence-corrected chi connectivity index (χ4v) is 3.66. The van der Waals surface area contributed by atoms with Crippen molar-refractivity contribution in [2.75, 3.05) is 13.1 Å². The topological polar surface area (TPSA) is 29.0 Å². The molecule has 1 fully saturated rings. The molecule has 1 atom stereocenters. The van der Waals surface area contributed by atoms with Gasteiger partial charge in [0.05, 0.1) is 6.04 Å². The summed E-state index contributed by atoms with van der Waals surface area (Å²) in [7, 11) is 0. The quantitative estimate of drug-likeness (QED) is 0.777. The minimum atomic E-state index is 0.287. The van der Waals surface area contributed by atoms with Gasteiger partial charge >= 0.3 is 0 Å². The van der Waals surface area contributed by atoms with Gasteiger partial charge in [-0.15, -0.1) is 0 Å². The fourth-order valence-electron chi connectivity index (χ4n) is 3.40. The van der Waals surface area contributed by atoms with Crippen molar-refractivity contribution in [3.8, 4) is 0 Å². The van der Waals surface area contributed by atoms with Crippen LogP contribution in [0.25, 0.3) is 0 Å². The summed E-state index contributed by atoms with van der Waals surface area (Å²) in [5, 5.41) is 0.684. The average molecular weight is 294 g/mol. The first-order valence-electron chi connectivity index (χ1n) is 7.75. The highest BCUT2D eigenvalue weighted by atomic mass is 35.5. The molecule has 1 aromatic rings. The van der Waals surface area contributed by atoms with Gasteiger partial charge in [-0.1, -0.05) is 25.4 Å². The largest absolute Gasteiger partial charge is 0.294 e. The van der Waals surface area contributed by atoms with Gasteiger partial charge < -0.3 is 0 Å². The number of hydrogen-bond acceptors (Lipinski definition) is 3. The molecule has 0 spiro atoms. The number of aromatic nitrogens is 2. The highest BCUT2D eigenvalue weighted by Gasteiger charge is 2.30. The second-order valence-electron chi connectivity index (χ2n) is 7.06. The zero-order valence-corrected chi connectivity index (χ0v) is 13.5. The van der Waals surface area contributed by atoms with Crippen molar-refractivity contribution < 1.29 is 0 Å². The van der Waals surface area contributed by atoms with E-state index in [4.69, 9.17) is 16.6 Å². The number of aryl methyl sites for hydroxylation is 1. The van der Waals surface area contributed by atoms with E-state index in [2.05, 4.69) is 30.7 Å². The lowest BCUT2D eigenvalue weighted by Gasteiger charge is -2.32. The third-order valence-corrected chi connectivity index (χ3v) is 5.13. The predicted octanol–water partition coefficient (Wildman–Crippen LogP) is 3.80. The Morgan fingerprint density at radius 3 is 2.60 bits per heavy atom. The number of fused-ring (bicyclic) bond motifs is 1. The number of likely N-dealkylation sites (tertiary alicyclic amines) is 1. The third-order valence-electron chi connectivity index (χ3n) is 4.82. The zero-order valence-electron chi connectivity index (χ0n) is 12.7. The first-order chi connectivity index (χ1) is 9.46. The molecule has 0 aromatic carbocycles. The van der Waals surface area contributed by atoms with Gasteiger partial charge in [-0.2, -0.15) is 0 Å². The lowest BCUT2D eigenvalue weighted by Crippen LogP contribution is -2.28. The van der Waals surface area contributed by atoms with Gasteiger partial charge in [0.2, 0.25) is 0 Å². The molecule has 110 valence electrons. The van der Waals surface area contributed by atoms with Gasteiger partial charge in [0.25, 0.3) is 0 Å². The summed E-state index contributed by atoms with van der Waals surface area (Å²) in [4.78, 5) is 11.9. The van der Waals surface area contributed by atoms with Crippen LogP contribution in [-0.2, 0) is 12.8 Å². The van der Waals surface area contributed by atoms with Crippen molar-refractivity contribution in [1.29, 1.82) is 0 Å². The van der Waals surface area contributed by atoms with Crippen LogP contribution < -0.4 is 0 Å². The molecule has 2 heterocycles. The van der Waals surface area contributed by atoms with Crippen molar-refractivity contribution in [2.45, 2.75) is 58.9 Å². The summed E-state index contributed by atoms with van der Waals surface area (Å²) in [6, 6.07) is 0.287. The molecule has 0 bridgehead atoms. The van der Waals surface area contributed by atoms with Gasteiger partial charge in [-0.25, -0.2) is 9.97 Å². The van der Waals surface area contributed by atoms with E-state index in [1.54, 1.807) is 0 Å². The molecule has 0 saturated carbocycles. The highest BCUT2D eigenvalue weighted by Crippen LogP contribution is 2.37. The minimum absolute atomic E-state index is 0.287. The second-order valence-corrected chi connectivity index (χ2v) is 7.42. The number of rotatable bonds is 2. The first kappa shape index (κ1) is 14.3. The van der Waals surface area contributed by atoms with Gasteiger partial charge in [0.1, 0.15) is 11.0 Å². The van der Waals surface area contributed by atoms with Crippen molar-refractivity contribution in [2.24, 2.45) is 5.41 Å². The van der Waals surface area contributed by atoms with E-state index >= 15 is 0 Å². The standard InChI is InChI=1S/C16H24ClN3/c1-11(20-8-4-5-9-20)15-18-13-6-7-16(2,3)10-12(13)14(17)19-15/h11H,4-10H2,1-3H3. The first-order valence-corrected chi connectivity index (χ1v) is 8.13. The lowest BCUT2D eigenvalue weighted by atomic mass is 9.76. The van der Waals surface area contributed by atoms with Crippen LogP contribution in [0.5, 0.6) is 0 Å². The predicted molar refractivity (Wildman–Crippen MR) is 82.1 cm³/mol.